The van der Waals surface area contributed by atoms with Gasteiger partial charge in [-0.2, -0.15) is 0 Å². The van der Waals surface area contributed by atoms with Crippen LogP contribution in [0.3, 0.4) is 0 Å². The fraction of sp³-hybridized carbons (Fsp3) is 0.458. The van der Waals surface area contributed by atoms with Gasteiger partial charge in [0.2, 0.25) is 5.91 Å². The summed E-state index contributed by atoms with van der Waals surface area (Å²) in [5.41, 5.74) is 1.99. The Morgan fingerprint density at radius 1 is 1.00 bits per heavy atom. The van der Waals surface area contributed by atoms with E-state index in [4.69, 9.17) is 9.57 Å². The number of hydrogen-bond acceptors (Lipinski definition) is 4. The molecule has 156 valence electrons. The number of nitrogens with zero attached hydrogens (tertiary/aromatic N) is 2. The van der Waals surface area contributed by atoms with Crippen molar-refractivity contribution in [1.82, 2.24) is 9.96 Å². The van der Waals surface area contributed by atoms with E-state index in [2.05, 4.69) is 35.2 Å². The Labute approximate surface area is 174 Å². The standard InChI is InChI=1S/C24H32N2O3/c1-21(27)26(29-19-23-11-7-4-8-12-23)24(20-28-2)14-17-25(18-15-24)16-13-22-9-5-3-6-10-22/h3-12H,13-20H2,1-2H3. The molecule has 29 heavy (non-hydrogen) atoms. The molecule has 5 nitrogen and oxygen atoms in total. The molecular weight excluding hydrogens is 364 g/mol. The summed E-state index contributed by atoms with van der Waals surface area (Å²) in [5, 5.41) is 1.58. The van der Waals surface area contributed by atoms with Crippen LogP contribution in [0.2, 0.25) is 0 Å². The van der Waals surface area contributed by atoms with E-state index in [0.29, 0.717) is 13.2 Å². The number of carbonyl (C=O) groups is 1. The summed E-state index contributed by atoms with van der Waals surface area (Å²) in [6.07, 6.45) is 2.72. The summed E-state index contributed by atoms with van der Waals surface area (Å²) in [6.45, 7) is 5.31. The van der Waals surface area contributed by atoms with E-state index in [1.165, 1.54) is 5.56 Å². The lowest BCUT2D eigenvalue weighted by molar-refractivity contribution is -0.243. The summed E-state index contributed by atoms with van der Waals surface area (Å²) >= 11 is 0. The normalized spacial score (nSPS) is 16.5. The molecule has 1 saturated heterocycles. The van der Waals surface area contributed by atoms with Gasteiger partial charge < -0.3 is 9.64 Å². The Balaban J connectivity index is 1.61. The predicted octanol–water partition coefficient (Wildman–Crippen LogP) is 3.69. The third-order valence-corrected chi connectivity index (χ3v) is 5.68. The minimum Gasteiger partial charge on any atom is -0.382 e. The van der Waals surface area contributed by atoms with Crippen LogP contribution in [0.1, 0.15) is 30.9 Å². The van der Waals surface area contributed by atoms with Gasteiger partial charge in [0, 0.05) is 33.7 Å². The van der Waals surface area contributed by atoms with Crippen LogP contribution in [0.25, 0.3) is 0 Å². The first kappa shape index (κ1) is 21.5. The third-order valence-electron chi connectivity index (χ3n) is 5.68. The molecule has 1 fully saturated rings. The molecule has 0 saturated carbocycles. The maximum atomic E-state index is 12.5. The summed E-state index contributed by atoms with van der Waals surface area (Å²) in [4.78, 5) is 21.0. The second-order valence-corrected chi connectivity index (χ2v) is 7.81. The van der Waals surface area contributed by atoms with Gasteiger partial charge in [-0.05, 0) is 30.4 Å². The number of amides is 1. The molecule has 0 atom stereocenters. The first-order valence-corrected chi connectivity index (χ1v) is 10.4. The molecular formula is C24H32N2O3. The molecule has 0 bridgehead atoms. The molecule has 3 rings (SSSR count). The van der Waals surface area contributed by atoms with Crippen molar-refractivity contribution in [3.8, 4) is 0 Å². The number of benzene rings is 2. The minimum absolute atomic E-state index is 0.0734. The first-order valence-electron chi connectivity index (χ1n) is 10.4. The number of piperidine rings is 1. The highest BCUT2D eigenvalue weighted by molar-refractivity contribution is 5.73. The summed E-state index contributed by atoms with van der Waals surface area (Å²) in [5.74, 6) is -0.0734. The number of carbonyl (C=O) groups excluding carboxylic acids is 1. The zero-order valence-electron chi connectivity index (χ0n) is 17.5. The highest BCUT2D eigenvalue weighted by Crippen LogP contribution is 2.31. The Kier molecular flexibility index (Phi) is 7.81. The number of hydroxylamine groups is 2. The molecule has 2 aromatic rings. The van der Waals surface area contributed by atoms with E-state index < -0.39 is 5.54 Å². The van der Waals surface area contributed by atoms with Gasteiger partial charge in [0.25, 0.3) is 0 Å². The van der Waals surface area contributed by atoms with E-state index in [0.717, 1.165) is 44.5 Å². The monoisotopic (exact) mass is 396 g/mol. The SMILES string of the molecule is COCC1(N(OCc2ccccc2)C(C)=O)CCN(CCc2ccccc2)CC1. The van der Waals surface area contributed by atoms with Crippen molar-refractivity contribution in [3.63, 3.8) is 0 Å². The molecule has 1 amide bonds. The molecule has 0 N–H and O–H groups in total. The number of likely N-dealkylation sites (tertiary alicyclic amines) is 1. The molecule has 1 aliphatic heterocycles. The van der Waals surface area contributed by atoms with E-state index in [-0.39, 0.29) is 5.91 Å². The highest BCUT2D eigenvalue weighted by Gasteiger charge is 2.42. The van der Waals surface area contributed by atoms with Crippen LogP contribution >= 0.6 is 0 Å². The van der Waals surface area contributed by atoms with Crippen LogP contribution in [0.5, 0.6) is 0 Å². The quantitative estimate of drug-likeness (QED) is 0.606. The number of hydrogen-bond donors (Lipinski definition) is 0. The van der Waals surface area contributed by atoms with Crippen molar-refractivity contribution in [2.24, 2.45) is 0 Å². The number of methoxy groups -OCH3 is 1. The van der Waals surface area contributed by atoms with Gasteiger partial charge in [-0.3, -0.25) is 9.63 Å². The lowest BCUT2D eigenvalue weighted by Crippen LogP contribution is -2.59. The molecule has 0 spiro atoms. The van der Waals surface area contributed by atoms with Crippen molar-refractivity contribution in [2.75, 3.05) is 33.4 Å². The summed E-state index contributed by atoms with van der Waals surface area (Å²) in [7, 11) is 1.69. The van der Waals surface area contributed by atoms with Crippen LogP contribution in [-0.4, -0.2) is 54.8 Å². The van der Waals surface area contributed by atoms with Gasteiger partial charge in [-0.15, -0.1) is 0 Å². The van der Waals surface area contributed by atoms with Gasteiger partial charge in [-0.1, -0.05) is 60.7 Å². The zero-order valence-corrected chi connectivity index (χ0v) is 17.5. The van der Waals surface area contributed by atoms with Gasteiger partial charge >= 0.3 is 0 Å². The average molecular weight is 397 g/mol. The fourth-order valence-corrected chi connectivity index (χ4v) is 4.07. The summed E-state index contributed by atoms with van der Waals surface area (Å²) < 4.78 is 5.54. The van der Waals surface area contributed by atoms with Gasteiger partial charge in [0.05, 0.1) is 12.1 Å². The van der Waals surface area contributed by atoms with E-state index in [1.807, 2.05) is 30.3 Å². The first-order chi connectivity index (χ1) is 14.1. The maximum absolute atomic E-state index is 12.5. The van der Waals surface area contributed by atoms with Crippen molar-refractivity contribution in [2.45, 2.75) is 38.3 Å². The number of ether oxygens (including phenoxy) is 1. The zero-order chi connectivity index (χ0) is 20.5. The Hall–Kier alpha value is -2.21. The molecule has 1 heterocycles. The van der Waals surface area contributed by atoms with E-state index in [1.54, 1.807) is 19.1 Å². The Morgan fingerprint density at radius 2 is 1.59 bits per heavy atom. The average Bonchev–Trinajstić information content (AvgIpc) is 2.75. The molecule has 0 unspecified atom stereocenters. The lowest BCUT2D eigenvalue weighted by atomic mass is 9.87. The molecule has 2 aromatic carbocycles. The number of rotatable bonds is 9. The molecule has 1 aliphatic rings. The van der Waals surface area contributed by atoms with Gasteiger partial charge in [-0.25, -0.2) is 5.06 Å². The van der Waals surface area contributed by atoms with Crippen LogP contribution < -0.4 is 0 Å². The van der Waals surface area contributed by atoms with Crippen molar-refractivity contribution < 1.29 is 14.4 Å². The Bertz CT molecular complexity index is 743. The predicted molar refractivity (Wildman–Crippen MR) is 114 cm³/mol. The molecule has 0 aliphatic carbocycles. The second-order valence-electron chi connectivity index (χ2n) is 7.81. The highest BCUT2D eigenvalue weighted by atomic mass is 16.7. The van der Waals surface area contributed by atoms with E-state index >= 15 is 0 Å². The summed E-state index contributed by atoms with van der Waals surface area (Å²) in [6, 6.07) is 20.5. The fourth-order valence-electron chi connectivity index (χ4n) is 4.07. The minimum atomic E-state index is -0.418. The smallest absolute Gasteiger partial charge is 0.243 e. The van der Waals surface area contributed by atoms with Crippen molar-refractivity contribution >= 4 is 5.91 Å². The molecule has 5 heteroatoms. The van der Waals surface area contributed by atoms with Crippen LogP contribution in [0, 0.1) is 0 Å². The van der Waals surface area contributed by atoms with E-state index in [9.17, 15) is 4.79 Å². The second kappa shape index (κ2) is 10.5. The Morgan fingerprint density at radius 3 is 2.14 bits per heavy atom. The van der Waals surface area contributed by atoms with Crippen molar-refractivity contribution in [1.29, 1.82) is 0 Å². The molecule has 0 radical (unpaired) electrons. The maximum Gasteiger partial charge on any atom is 0.243 e. The van der Waals surface area contributed by atoms with Crippen LogP contribution in [-0.2, 0) is 27.4 Å². The van der Waals surface area contributed by atoms with Gasteiger partial charge in [0.15, 0.2) is 0 Å². The lowest BCUT2D eigenvalue weighted by Gasteiger charge is -2.47. The third kappa shape index (κ3) is 5.89. The van der Waals surface area contributed by atoms with Crippen LogP contribution in [0.15, 0.2) is 60.7 Å². The van der Waals surface area contributed by atoms with Crippen molar-refractivity contribution in [3.05, 3.63) is 71.8 Å². The van der Waals surface area contributed by atoms with Crippen LogP contribution in [0.4, 0.5) is 0 Å². The topological polar surface area (TPSA) is 42.0 Å². The molecule has 0 aromatic heterocycles. The largest absolute Gasteiger partial charge is 0.382 e. The van der Waals surface area contributed by atoms with Gasteiger partial charge in [0.1, 0.15) is 6.61 Å².